The predicted molar refractivity (Wildman–Crippen MR) is 126 cm³/mol. The number of fused-ring (bicyclic) bond motifs is 1. The van der Waals surface area contributed by atoms with Crippen LogP contribution in [-0.2, 0) is 6.54 Å². The topological polar surface area (TPSA) is 36.3 Å². The van der Waals surface area contributed by atoms with Crippen molar-refractivity contribution in [2.45, 2.75) is 40.3 Å². The Balaban J connectivity index is 1.56. The summed E-state index contributed by atoms with van der Waals surface area (Å²) in [5, 5.41) is 0.732. The zero-order valence-electron chi connectivity index (χ0n) is 18.4. The normalized spacial score (nSPS) is 12.2. The van der Waals surface area contributed by atoms with E-state index in [0.29, 0.717) is 13.2 Å². The SMILES string of the molecule is Cc1cc(C)cc(OCCn2c(C(C)Oc3ccc(Cl)c(C)c3)nc3ccccc32)c1. The molecule has 3 aromatic carbocycles. The minimum Gasteiger partial charge on any atom is -0.492 e. The molecular weight excluding hydrogens is 408 g/mol. The molecule has 31 heavy (non-hydrogen) atoms. The van der Waals surface area contributed by atoms with Gasteiger partial charge in [-0.3, -0.25) is 0 Å². The van der Waals surface area contributed by atoms with Crippen molar-refractivity contribution >= 4 is 22.6 Å². The van der Waals surface area contributed by atoms with Crippen molar-refractivity contribution in [3.8, 4) is 11.5 Å². The molecule has 0 amide bonds. The summed E-state index contributed by atoms with van der Waals surface area (Å²) >= 11 is 6.15. The molecule has 4 aromatic rings. The highest BCUT2D eigenvalue weighted by Crippen LogP contribution is 2.28. The molecule has 0 saturated carbocycles. The van der Waals surface area contributed by atoms with E-state index >= 15 is 0 Å². The first-order chi connectivity index (χ1) is 14.9. The molecule has 0 aliphatic carbocycles. The molecular formula is C26H27ClN2O2. The van der Waals surface area contributed by atoms with E-state index in [-0.39, 0.29) is 6.10 Å². The van der Waals surface area contributed by atoms with Gasteiger partial charge >= 0.3 is 0 Å². The molecule has 1 atom stereocenters. The van der Waals surface area contributed by atoms with E-state index in [4.69, 9.17) is 26.1 Å². The van der Waals surface area contributed by atoms with Crippen LogP contribution in [0.1, 0.15) is 35.5 Å². The number of rotatable bonds is 7. The Hall–Kier alpha value is -2.98. The summed E-state index contributed by atoms with van der Waals surface area (Å²) in [4.78, 5) is 4.86. The van der Waals surface area contributed by atoms with Crippen molar-refractivity contribution in [1.29, 1.82) is 0 Å². The quantitative estimate of drug-likeness (QED) is 0.319. The zero-order chi connectivity index (χ0) is 22.0. The van der Waals surface area contributed by atoms with E-state index in [0.717, 1.165) is 38.9 Å². The summed E-state index contributed by atoms with van der Waals surface area (Å²) in [7, 11) is 0. The summed E-state index contributed by atoms with van der Waals surface area (Å²) < 4.78 is 14.5. The van der Waals surface area contributed by atoms with Crippen LogP contribution in [0.4, 0.5) is 0 Å². The molecule has 0 spiro atoms. The Labute approximate surface area is 188 Å². The third-order valence-corrected chi connectivity index (χ3v) is 5.69. The van der Waals surface area contributed by atoms with Gasteiger partial charge in [0.05, 0.1) is 17.6 Å². The Morgan fingerprint density at radius 2 is 1.68 bits per heavy atom. The molecule has 0 fully saturated rings. The van der Waals surface area contributed by atoms with Crippen LogP contribution in [0.15, 0.2) is 60.7 Å². The van der Waals surface area contributed by atoms with E-state index in [1.807, 2.05) is 50.2 Å². The van der Waals surface area contributed by atoms with Gasteiger partial charge in [0.1, 0.15) is 18.1 Å². The van der Waals surface area contributed by atoms with Crippen LogP contribution in [0.25, 0.3) is 11.0 Å². The maximum atomic E-state index is 6.22. The zero-order valence-corrected chi connectivity index (χ0v) is 19.1. The maximum absolute atomic E-state index is 6.22. The average molecular weight is 435 g/mol. The lowest BCUT2D eigenvalue weighted by molar-refractivity contribution is 0.207. The summed E-state index contributed by atoms with van der Waals surface area (Å²) in [6, 6.07) is 20.1. The summed E-state index contributed by atoms with van der Waals surface area (Å²) in [6.45, 7) is 9.38. The number of hydrogen-bond acceptors (Lipinski definition) is 3. The van der Waals surface area contributed by atoms with Crippen molar-refractivity contribution in [3.05, 3.63) is 88.2 Å². The van der Waals surface area contributed by atoms with E-state index in [2.05, 4.69) is 42.7 Å². The van der Waals surface area contributed by atoms with Crippen molar-refractivity contribution in [2.75, 3.05) is 6.61 Å². The van der Waals surface area contributed by atoms with Gasteiger partial charge < -0.3 is 14.0 Å². The molecule has 5 heteroatoms. The Morgan fingerprint density at radius 3 is 2.42 bits per heavy atom. The lowest BCUT2D eigenvalue weighted by atomic mass is 10.1. The van der Waals surface area contributed by atoms with Gasteiger partial charge in [-0.2, -0.15) is 0 Å². The first-order valence-corrected chi connectivity index (χ1v) is 10.9. The minimum absolute atomic E-state index is 0.228. The number of ether oxygens (including phenoxy) is 2. The second kappa shape index (κ2) is 9.03. The monoisotopic (exact) mass is 434 g/mol. The van der Waals surface area contributed by atoms with Gasteiger partial charge in [0.25, 0.3) is 0 Å². The Kier molecular flexibility index (Phi) is 6.19. The average Bonchev–Trinajstić information content (AvgIpc) is 3.09. The molecule has 0 saturated heterocycles. The highest BCUT2D eigenvalue weighted by Gasteiger charge is 2.18. The molecule has 4 nitrogen and oxygen atoms in total. The van der Waals surface area contributed by atoms with E-state index in [9.17, 15) is 0 Å². The van der Waals surface area contributed by atoms with Gasteiger partial charge in [-0.05, 0) is 86.8 Å². The Morgan fingerprint density at radius 1 is 0.935 bits per heavy atom. The van der Waals surface area contributed by atoms with E-state index < -0.39 is 0 Å². The van der Waals surface area contributed by atoms with Gasteiger partial charge in [0.2, 0.25) is 0 Å². The van der Waals surface area contributed by atoms with Crippen molar-refractivity contribution < 1.29 is 9.47 Å². The highest BCUT2D eigenvalue weighted by molar-refractivity contribution is 6.31. The fraction of sp³-hybridized carbons (Fsp3) is 0.269. The van der Waals surface area contributed by atoms with Crippen molar-refractivity contribution in [1.82, 2.24) is 9.55 Å². The number of benzene rings is 3. The van der Waals surface area contributed by atoms with Crippen LogP contribution in [0.3, 0.4) is 0 Å². The van der Waals surface area contributed by atoms with Crippen LogP contribution >= 0.6 is 11.6 Å². The number of aryl methyl sites for hydroxylation is 3. The fourth-order valence-electron chi connectivity index (χ4n) is 3.86. The number of nitrogens with zero attached hydrogens (tertiary/aromatic N) is 2. The third-order valence-electron chi connectivity index (χ3n) is 5.27. The standard InChI is InChI=1S/C26H27ClN2O2/c1-17-13-18(2)15-22(14-17)30-12-11-29-25-8-6-5-7-24(25)28-26(29)20(4)31-21-9-10-23(27)19(3)16-21/h5-10,13-16,20H,11-12H2,1-4H3. The molecule has 0 bridgehead atoms. The van der Waals surface area contributed by atoms with Crippen molar-refractivity contribution in [3.63, 3.8) is 0 Å². The van der Waals surface area contributed by atoms with E-state index in [1.165, 1.54) is 11.1 Å². The number of aromatic nitrogens is 2. The molecule has 0 radical (unpaired) electrons. The molecule has 1 unspecified atom stereocenters. The van der Waals surface area contributed by atoms with Gasteiger partial charge in [-0.15, -0.1) is 0 Å². The summed E-state index contributed by atoms with van der Waals surface area (Å²) in [5.41, 5.74) is 5.41. The highest BCUT2D eigenvalue weighted by atomic mass is 35.5. The predicted octanol–water partition coefficient (Wildman–Crippen LogP) is 6.83. The lowest BCUT2D eigenvalue weighted by Crippen LogP contribution is -2.15. The van der Waals surface area contributed by atoms with Gasteiger partial charge in [0.15, 0.2) is 11.9 Å². The Bertz CT molecular complexity index is 1200. The second-order valence-corrected chi connectivity index (χ2v) is 8.36. The number of hydrogen-bond donors (Lipinski definition) is 0. The third kappa shape index (κ3) is 4.86. The van der Waals surface area contributed by atoms with Crippen LogP contribution in [0, 0.1) is 20.8 Å². The molecule has 160 valence electrons. The molecule has 0 N–H and O–H groups in total. The van der Waals surface area contributed by atoms with E-state index in [1.54, 1.807) is 0 Å². The largest absolute Gasteiger partial charge is 0.492 e. The first kappa shape index (κ1) is 21.3. The molecule has 1 aromatic heterocycles. The van der Waals surface area contributed by atoms with Crippen LogP contribution in [0.5, 0.6) is 11.5 Å². The van der Waals surface area contributed by atoms with Gasteiger partial charge in [-0.1, -0.05) is 29.8 Å². The van der Waals surface area contributed by atoms with Crippen LogP contribution in [-0.4, -0.2) is 16.2 Å². The lowest BCUT2D eigenvalue weighted by Gasteiger charge is -2.18. The molecule has 1 heterocycles. The maximum Gasteiger partial charge on any atom is 0.153 e. The molecule has 0 aliphatic heterocycles. The molecule has 4 rings (SSSR count). The molecule has 0 aliphatic rings. The van der Waals surface area contributed by atoms with Crippen LogP contribution < -0.4 is 9.47 Å². The smallest absolute Gasteiger partial charge is 0.153 e. The van der Waals surface area contributed by atoms with Crippen LogP contribution in [0.2, 0.25) is 5.02 Å². The van der Waals surface area contributed by atoms with Gasteiger partial charge in [-0.25, -0.2) is 4.98 Å². The second-order valence-electron chi connectivity index (χ2n) is 7.95. The number of imidazole rings is 1. The minimum atomic E-state index is -0.228. The summed E-state index contributed by atoms with van der Waals surface area (Å²) in [5.74, 6) is 2.54. The first-order valence-electron chi connectivity index (χ1n) is 10.5. The summed E-state index contributed by atoms with van der Waals surface area (Å²) in [6.07, 6.45) is -0.228. The number of para-hydroxylation sites is 2. The fourth-order valence-corrected chi connectivity index (χ4v) is 3.98. The number of halogens is 1. The van der Waals surface area contributed by atoms with Crippen molar-refractivity contribution in [2.24, 2.45) is 0 Å². The van der Waals surface area contributed by atoms with Gasteiger partial charge in [0, 0.05) is 5.02 Å².